The number of nitrogens with one attached hydrogen (secondary N) is 1. The molecule has 1 atom stereocenters. The normalized spacial score (nSPS) is 17.8. The minimum absolute atomic E-state index is 0.149. The van der Waals surface area contributed by atoms with Crippen LogP contribution < -0.4 is 5.32 Å². The van der Waals surface area contributed by atoms with Gasteiger partial charge in [0.05, 0.1) is 16.0 Å². The minimum atomic E-state index is -3.51. The monoisotopic (exact) mass is 455 g/mol. The van der Waals surface area contributed by atoms with Crippen molar-refractivity contribution in [2.45, 2.75) is 43.7 Å². The third kappa shape index (κ3) is 4.05. The van der Waals surface area contributed by atoms with Gasteiger partial charge in [0.2, 0.25) is 15.9 Å². The topological polar surface area (TPSA) is 104 Å². The number of hydrogen-bond donors (Lipinski definition) is 1. The van der Waals surface area contributed by atoms with E-state index in [-0.39, 0.29) is 11.4 Å². The summed E-state index contributed by atoms with van der Waals surface area (Å²) < 4.78 is 27.0. The highest BCUT2D eigenvalue weighted by Gasteiger charge is 2.40. The summed E-state index contributed by atoms with van der Waals surface area (Å²) in [6.07, 6.45) is 2.78. The van der Waals surface area contributed by atoms with Crippen LogP contribution in [-0.4, -0.2) is 54.5 Å². The summed E-state index contributed by atoms with van der Waals surface area (Å²) in [6.45, 7) is 2.73. The molecule has 0 aromatic heterocycles. The smallest absolute Gasteiger partial charge is 0.262 e. The molecule has 3 amide bonds. The van der Waals surface area contributed by atoms with Crippen LogP contribution in [0.25, 0.3) is 0 Å². The summed E-state index contributed by atoms with van der Waals surface area (Å²) in [5, 5.41) is 2.72. The molecule has 0 saturated carbocycles. The van der Waals surface area contributed by atoms with Gasteiger partial charge in [-0.1, -0.05) is 30.7 Å². The van der Waals surface area contributed by atoms with Gasteiger partial charge in [-0.3, -0.25) is 19.3 Å². The van der Waals surface area contributed by atoms with E-state index < -0.39 is 33.8 Å². The molecular weight excluding hydrogens is 430 g/mol. The Morgan fingerprint density at radius 1 is 0.938 bits per heavy atom. The van der Waals surface area contributed by atoms with E-state index in [2.05, 4.69) is 5.32 Å². The molecule has 2 aliphatic heterocycles. The second kappa shape index (κ2) is 8.84. The fourth-order valence-corrected chi connectivity index (χ4v) is 5.56. The van der Waals surface area contributed by atoms with Crippen LogP contribution in [0.4, 0.5) is 0 Å². The number of piperidine rings is 1. The summed E-state index contributed by atoms with van der Waals surface area (Å²) in [4.78, 5) is 38.9. The lowest BCUT2D eigenvalue weighted by Crippen LogP contribution is -2.47. The van der Waals surface area contributed by atoms with Crippen molar-refractivity contribution in [2.75, 3.05) is 13.1 Å². The molecule has 0 radical (unpaired) electrons. The summed E-state index contributed by atoms with van der Waals surface area (Å²) in [7, 11) is -3.51. The maximum atomic E-state index is 12.7. The van der Waals surface area contributed by atoms with Crippen molar-refractivity contribution in [3.63, 3.8) is 0 Å². The molecule has 1 N–H and O–H groups in total. The Morgan fingerprint density at radius 2 is 1.50 bits per heavy atom. The molecule has 2 aromatic rings. The number of rotatable bonds is 6. The van der Waals surface area contributed by atoms with E-state index in [1.165, 1.54) is 11.2 Å². The highest BCUT2D eigenvalue weighted by Crippen LogP contribution is 2.25. The first-order valence-corrected chi connectivity index (χ1v) is 12.1. The number of hydrogen-bond acceptors (Lipinski definition) is 5. The maximum absolute atomic E-state index is 12.7. The Labute approximate surface area is 187 Å². The van der Waals surface area contributed by atoms with Gasteiger partial charge in [0.15, 0.2) is 0 Å². The zero-order valence-corrected chi connectivity index (χ0v) is 18.6. The number of sulfonamides is 1. The lowest BCUT2D eigenvalue weighted by molar-refractivity contribution is -0.124. The van der Waals surface area contributed by atoms with Crippen molar-refractivity contribution in [1.29, 1.82) is 0 Å². The van der Waals surface area contributed by atoms with Gasteiger partial charge < -0.3 is 5.32 Å². The summed E-state index contributed by atoms with van der Waals surface area (Å²) >= 11 is 0. The van der Waals surface area contributed by atoms with Gasteiger partial charge in [0, 0.05) is 19.6 Å². The molecule has 0 spiro atoms. The Balaban J connectivity index is 1.38. The number of benzene rings is 2. The SMILES string of the molecule is C[C@H](C(=O)NCc1ccc(S(=O)(=O)N2CCCCC2)cc1)N1C(=O)c2ccccc2C1=O. The minimum Gasteiger partial charge on any atom is -0.350 e. The largest absolute Gasteiger partial charge is 0.350 e. The second-order valence-corrected chi connectivity index (χ2v) is 9.97. The van der Waals surface area contributed by atoms with Crippen LogP contribution in [0.15, 0.2) is 53.4 Å². The van der Waals surface area contributed by atoms with E-state index in [0.717, 1.165) is 24.2 Å². The Bertz CT molecular complexity index is 1120. The molecule has 2 heterocycles. The van der Waals surface area contributed by atoms with Crippen molar-refractivity contribution in [3.05, 3.63) is 65.2 Å². The number of carbonyl (C=O) groups is 3. The van der Waals surface area contributed by atoms with Crippen LogP contribution in [0.2, 0.25) is 0 Å². The zero-order chi connectivity index (χ0) is 22.9. The molecule has 8 nitrogen and oxygen atoms in total. The molecule has 168 valence electrons. The third-order valence-corrected chi connectivity index (χ3v) is 7.85. The maximum Gasteiger partial charge on any atom is 0.262 e. The lowest BCUT2D eigenvalue weighted by atomic mass is 10.1. The van der Waals surface area contributed by atoms with Crippen LogP contribution in [0.5, 0.6) is 0 Å². The van der Waals surface area contributed by atoms with E-state index in [0.29, 0.717) is 29.8 Å². The van der Waals surface area contributed by atoms with E-state index in [9.17, 15) is 22.8 Å². The van der Waals surface area contributed by atoms with Gasteiger partial charge >= 0.3 is 0 Å². The van der Waals surface area contributed by atoms with Crippen molar-refractivity contribution >= 4 is 27.7 Å². The molecule has 4 rings (SSSR count). The second-order valence-electron chi connectivity index (χ2n) is 8.03. The van der Waals surface area contributed by atoms with Crippen LogP contribution in [-0.2, 0) is 21.4 Å². The fourth-order valence-electron chi connectivity index (χ4n) is 4.05. The van der Waals surface area contributed by atoms with Gasteiger partial charge in [0.25, 0.3) is 11.8 Å². The number of nitrogens with zero attached hydrogens (tertiary/aromatic N) is 2. The van der Waals surface area contributed by atoms with E-state index in [1.807, 2.05) is 0 Å². The molecule has 1 saturated heterocycles. The summed E-state index contributed by atoms with van der Waals surface area (Å²) in [5.74, 6) is -1.44. The molecular formula is C23H25N3O5S. The zero-order valence-electron chi connectivity index (χ0n) is 17.8. The third-order valence-electron chi connectivity index (χ3n) is 5.94. The highest BCUT2D eigenvalue weighted by atomic mass is 32.2. The molecule has 2 aliphatic rings. The van der Waals surface area contributed by atoms with Crippen molar-refractivity contribution in [3.8, 4) is 0 Å². The Morgan fingerprint density at radius 3 is 2.06 bits per heavy atom. The van der Waals surface area contributed by atoms with Crippen molar-refractivity contribution in [1.82, 2.24) is 14.5 Å². The average Bonchev–Trinajstić information content (AvgIpc) is 3.08. The van der Waals surface area contributed by atoms with Crippen molar-refractivity contribution < 1.29 is 22.8 Å². The molecule has 32 heavy (non-hydrogen) atoms. The molecule has 0 unspecified atom stereocenters. The summed E-state index contributed by atoms with van der Waals surface area (Å²) in [5.41, 5.74) is 1.30. The first kappa shape index (κ1) is 22.2. The van der Waals surface area contributed by atoms with Gasteiger partial charge in [-0.05, 0) is 49.6 Å². The predicted octanol–water partition coefficient (Wildman–Crippen LogP) is 2.16. The number of amides is 3. The first-order valence-electron chi connectivity index (χ1n) is 10.6. The lowest BCUT2D eigenvalue weighted by Gasteiger charge is -2.26. The summed E-state index contributed by atoms with van der Waals surface area (Å²) in [6, 6.07) is 11.9. The quantitative estimate of drug-likeness (QED) is 0.673. The highest BCUT2D eigenvalue weighted by molar-refractivity contribution is 7.89. The first-order chi connectivity index (χ1) is 15.3. The van der Waals surface area contributed by atoms with Crippen molar-refractivity contribution in [2.24, 2.45) is 0 Å². The fraction of sp³-hybridized carbons (Fsp3) is 0.348. The van der Waals surface area contributed by atoms with Gasteiger partial charge in [0.1, 0.15) is 6.04 Å². The average molecular weight is 456 g/mol. The van der Waals surface area contributed by atoms with E-state index in [4.69, 9.17) is 0 Å². The number of carbonyl (C=O) groups excluding carboxylic acids is 3. The predicted molar refractivity (Wildman–Crippen MR) is 117 cm³/mol. The van der Waals surface area contributed by atoms with Gasteiger partial charge in [-0.15, -0.1) is 0 Å². The van der Waals surface area contributed by atoms with Gasteiger partial charge in [-0.25, -0.2) is 8.42 Å². The van der Waals surface area contributed by atoms with Crippen LogP contribution in [0.3, 0.4) is 0 Å². The number of fused-ring (bicyclic) bond motifs is 1. The molecule has 0 aliphatic carbocycles. The van der Waals surface area contributed by atoms with Crippen LogP contribution in [0.1, 0.15) is 52.5 Å². The van der Waals surface area contributed by atoms with Crippen LogP contribution >= 0.6 is 0 Å². The standard InChI is InChI=1S/C23H25N3O5S/c1-16(26-22(28)19-7-3-4-8-20(19)23(26)29)21(27)24-15-17-9-11-18(12-10-17)32(30,31)25-13-5-2-6-14-25/h3-4,7-12,16H,2,5-6,13-15H2,1H3,(H,24,27)/t16-/m1/s1. The molecule has 2 aromatic carbocycles. The Hall–Kier alpha value is -3.04. The van der Waals surface area contributed by atoms with E-state index in [1.54, 1.807) is 48.5 Å². The Kier molecular flexibility index (Phi) is 6.12. The molecule has 0 bridgehead atoms. The van der Waals surface area contributed by atoms with E-state index >= 15 is 0 Å². The van der Waals surface area contributed by atoms with Crippen LogP contribution in [0, 0.1) is 0 Å². The van der Waals surface area contributed by atoms with Gasteiger partial charge in [-0.2, -0.15) is 4.31 Å². The molecule has 9 heteroatoms. The molecule has 1 fully saturated rings. The number of imide groups is 1.